The molecule has 3 aromatic rings. The molecule has 33 heavy (non-hydrogen) atoms. The lowest BCUT2D eigenvalue weighted by atomic mass is 9.80. The molecule has 0 spiro atoms. The minimum absolute atomic E-state index is 0.0957. The van der Waals surface area contributed by atoms with Gasteiger partial charge in [0.2, 0.25) is 5.91 Å². The van der Waals surface area contributed by atoms with Crippen LogP contribution in [-0.4, -0.2) is 31.6 Å². The van der Waals surface area contributed by atoms with Gasteiger partial charge >= 0.3 is 0 Å². The first kappa shape index (κ1) is 24.7. The number of carbonyl (C=O) groups excluding carboxylic acids is 1. The highest BCUT2D eigenvalue weighted by molar-refractivity contribution is 5.76. The summed E-state index contributed by atoms with van der Waals surface area (Å²) >= 11 is 0. The minimum atomic E-state index is -0.711. The van der Waals surface area contributed by atoms with Crippen molar-refractivity contribution in [3.63, 3.8) is 0 Å². The first-order chi connectivity index (χ1) is 16.1. The molecule has 174 valence electrons. The van der Waals surface area contributed by atoms with Crippen LogP contribution in [0.5, 0.6) is 0 Å². The molecule has 0 heterocycles. The molecule has 0 saturated heterocycles. The van der Waals surface area contributed by atoms with E-state index in [9.17, 15) is 4.79 Å². The Kier molecular flexibility index (Phi) is 9.23. The van der Waals surface area contributed by atoms with Crippen molar-refractivity contribution < 1.29 is 9.53 Å². The van der Waals surface area contributed by atoms with Crippen molar-refractivity contribution in [3.8, 4) is 0 Å². The van der Waals surface area contributed by atoms with Crippen molar-refractivity contribution in [1.82, 2.24) is 10.6 Å². The summed E-state index contributed by atoms with van der Waals surface area (Å²) < 4.78 is 6.85. The van der Waals surface area contributed by atoms with Gasteiger partial charge in [0.15, 0.2) is 0 Å². The molecule has 4 heteroatoms. The Morgan fingerprint density at radius 3 is 1.64 bits per heavy atom. The number of amides is 1. The molecule has 1 amide bonds. The average Bonchev–Trinajstić information content (AvgIpc) is 2.85. The predicted octanol–water partition coefficient (Wildman–Crippen LogP) is 5.28. The second-order valence-electron chi connectivity index (χ2n) is 8.66. The normalized spacial score (nSPS) is 12.5. The maximum atomic E-state index is 12.1. The van der Waals surface area contributed by atoms with Crippen molar-refractivity contribution in [3.05, 3.63) is 108 Å². The first-order valence-electron chi connectivity index (χ1n) is 11.8. The Labute approximate surface area is 198 Å². The fourth-order valence-corrected chi connectivity index (χ4v) is 4.26. The van der Waals surface area contributed by atoms with Crippen LogP contribution < -0.4 is 10.6 Å². The highest BCUT2D eigenvalue weighted by atomic mass is 16.5. The Morgan fingerprint density at radius 1 is 0.788 bits per heavy atom. The topological polar surface area (TPSA) is 50.4 Å². The molecule has 2 N–H and O–H groups in total. The molecule has 4 nitrogen and oxygen atoms in total. The van der Waals surface area contributed by atoms with Crippen LogP contribution in [0.25, 0.3) is 0 Å². The number of carbonyl (C=O) groups is 1. The standard InChI is InChI=1S/C29H36N2O2/c1-23(2)31-28(32)20-19-27(30-3)21-22-33-29(24-13-7-4-8-14-24,25-15-9-5-10-16-25)26-17-11-6-12-18-26/h4-18,23,27,30H,19-22H2,1-3H3,(H,31,32)/t27-/m0/s1. The van der Waals surface area contributed by atoms with E-state index in [4.69, 9.17) is 4.74 Å². The molecular formula is C29H36N2O2. The fraction of sp³-hybridized carbons (Fsp3) is 0.345. The molecule has 0 aliphatic rings. The summed E-state index contributed by atoms with van der Waals surface area (Å²) in [5.41, 5.74) is 2.58. The van der Waals surface area contributed by atoms with Crippen LogP contribution in [0, 0.1) is 0 Å². The van der Waals surface area contributed by atoms with Crippen molar-refractivity contribution in [2.75, 3.05) is 13.7 Å². The van der Waals surface area contributed by atoms with Gasteiger partial charge in [0.25, 0.3) is 0 Å². The largest absolute Gasteiger partial charge is 0.361 e. The highest BCUT2D eigenvalue weighted by Gasteiger charge is 2.37. The van der Waals surface area contributed by atoms with Crippen LogP contribution in [0.4, 0.5) is 0 Å². The maximum Gasteiger partial charge on any atom is 0.220 e. The van der Waals surface area contributed by atoms with Crippen LogP contribution >= 0.6 is 0 Å². The molecule has 0 aliphatic heterocycles. The number of benzene rings is 3. The van der Waals surface area contributed by atoms with E-state index < -0.39 is 5.60 Å². The SMILES string of the molecule is CN[C@H](CCOC(c1ccccc1)(c1ccccc1)c1ccccc1)CCC(=O)NC(C)C. The Morgan fingerprint density at radius 2 is 1.24 bits per heavy atom. The van der Waals surface area contributed by atoms with Crippen LogP contribution in [0.2, 0.25) is 0 Å². The first-order valence-corrected chi connectivity index (χ1v) is 11.8. The van der Waals surface area contributed by atoms with Crippen molar-refractivity contribution in [1.29, 1.82) is 0 Å². The van der Waals surface area contributed by atoms with Crippen LogP contribution in [0.1, 0.15) is 49.8 Å². The molecular weight excluding hydrogens is 408 g/mol. The van der Waals surface area contributed by atoms with E-state index in [0.717, 1.165) is 29.5 Å². The molecule has 0 aromatic heterocycles. The van der Waals surface area contributed by atoms with Gasteiger partial charge in [0, 0.05) is 18.5 Å². The second-order valence-corrected chi connectivity index (χ2v) is 8.66. The summed E-state index contributed by atoms with van der Waals surface area (Å²) in [5, 5.41) is 6.33. The number of hydrogen-bond donors (Lipinski definition) is 2. The van der Waals surface area contributed by atoms with Gasteiger partial charge in [-0.3, -0.25) is 4.79 Å². The molecule has 0 unspecified atom stereocenters. The van der Waals surface area contributed by atoms with Crippen LogP contribution in [-0.2, 0) is 15.1 Å². The molecule has 0 aliphatic carbocycles. The smallest absolute Gasteiger partial charge is 0.220 e. The lowest BCUT2D eigenvalue weighted by Crippen LogP contribution is -2.36. The molecule has 0 saturated carbocycles. The number of ether oxygens (including phenoxy) is 1. The lowest BCUT2D eigenvalue weighted by molar-refractivity contribution is -0.121. The Hall–Kier alpha value is -2.95. The minimum Gasteiger partial charge on any atom is -0.361 e. The molecule has 1 atom stereocenters. The van der Waals surface area contributed by atoms with E-state index in [2.05, 4.69) is 83.4 Å². The van der Waals surface area contributed by atoms with Gasteiger partial charge in [-0.05, 0) is 50.4 Å². The zero-order valence-electron chi connectivity index (χ0n) is 20.0. The second kappa shape index (κ2) is 12.3. The van der Waals surface area contributed by atoms with E-state index in [-0.39, 0.29) is 18.0 Å². The Bertz CT molecular complexity index is 862. The van der Waals surface area contributed by atoms with E-state index in [1.807, 2.05) is 39.1 Å². The summed E-state index contributed by atoms with van der Waals surface area (Å²) in [6, 6.07) is 31.6. The third kappa shape index (κ3) is 6.53. The third-order valence-electron chi connectivity index (χ3n) is 5.90. The zero-order valence-corrected chi connectivity index (χ0v) is 20.0. The fourth-order valence-electron chi connectivity index (χ4n) is 4.26. The highest BCUT2D eigenvalue weighted by Crippen LogP contribution is 2.40. The van der Waals surface area contributed by atoms with E-state index in [0.29, 0.717) is 13.0 Å². The molecule has 3 aromatic carbocycles. The van der Waals surface area contributed by atoms with Gasteiger partial charge in [-0.15, -0.1) is 0 Å². The number of hydrogen-bond acceptors (Lipinski definition) is 3. The Balaban J connectivity index is 1.84. The van der Waals surface area contributed by atoms with Gasteiger partial charge < -0.3 is 15.4 Å². The molecule has 3 rings (SSSR count). The van der Waals surface area contributed by atoms with Crippen molar-refractivity contribution in [2.24, 2.45) is 0 Å². The maximum absolute atomic E-state index is 12.1. The van der Waals surface area contributed by atoms with Gasteiger partial charge in [-0.25, -0.2) is 0 Å². The summed E-state index contributed by atoms with van der Waals surface area (Å²) in [4.78, 5) is 12.1. The van der Waals surface area contributed by atoms with Crippen molar-refractivity contribution >= 4 is 5.91 Å². The summed E-state index contributed by atoms with van der Waals surface area (Å²) in [6.07, 6.45) is 2.08. The quantitative estimate of drug-likeness (QED) is 0.374. The summed E-state index contributed by atoms with van der Waals surface area (Å²) in [5.74, 6) is 0.0957. The number of rotatable bonds is 12. The molecule has 0 bridgehead atoms. The van der Waals surface area contributed by atoms with Gasteiger partial charge in [-0.2, -0.15) is 0 Å². The average molecular weight is 445 g/mol. The molecule has 0 fully saturated rings. The lowest BCUT2D eigenvalue weighted by Gasteiger charge is -2.36. The van der Waals surface area contributed by atoms with Crippen molar-refractivity contribution in [2.45, 2.75) is 50.8 Å². The monoisotopic (exact) mass is 444 g/mol. The van der Waals surface area contributed by atoms with E-state index in [1.54, 1.807) is 0 Å². The predicted molar refractivity (Wildman–Crippen MR) is 135 cm³/mol. The van der Waals surface area contributed by atoms with Crippen LogP contribution in [0.15, 0.2) is 91.0 Å². The van der Waals surface area contributed by atoms with E-state index in [1.165, 1.54) is 0 Å². The summed E-state index contributed by atoms with van der Waals surface area (Å²) in [6.45, 7) is 4.52. The molecule has 0 radical (unpaired) electrons. The number of nitrogens with one attached hydrogen (secondary N) is 2. The van der Waals surface area contributed by atoms with E-state index >= 15 is 0 Å². The third-order valence-corrected chi connectivity index (χ3v) is 5.90. The van der Waals surface area contributed by atoms with Gasteiger partial charge in [-0.1, -0.05) is 91.0 Å². The van der Waals surface area contributed by atoms with Gasteiger partial charge in [0.05, 0.1) is 6.61 Å². The van der Waals surface area contributed by atoms with Crippen LogP contribution in [0.3, 0.4) is 0 Å². The van der Waals surface area contributed by atoms with Gasteiger partial charge in [0.1, 0.15) is 5.60 Å². The summed E-state index contributed by atoms with van der Waals surface area (Å²) in [7, 11) is 1.95. The zero-order chi connectivity index (χ0) is 23.5.